The van der Waals surface area contributed by atoms with Crippen molar-refractivity contribution in [3.63, 3.8) is 0 Å². The minimum atomic E-state index is 0.349. The van der Waals surface area contributed by atoms with Gasteiger partial charge in [-0.15, -0.1) is 0 Å². The Bertz CT molecular complexity index is 434. The van der Waals surface area contributed by atoms with Crippen molar-refractivity contribution in [2.75, 3.05) is 5.73 Å². The Balaban J connectivity index is 2.41. The maximum atomic E-state index is 5.46. The molecule has 0 atom stereocenters. The summed E-state index contributed by atoms with van der Waals surface area (Å²) in [6, 6.07) is 9.93. The molecular formula is C11H12N2O. The molecule has 2 aromatic rings. The quantitative estimate of drug-likeness (QED) is 0.787. The smallest absolute Gasteiger partial charge is 0.222 e. The van der Waals surface area contributed by atoms with E-state index in [9.17, 15) is 0 Å². The molecule has 0 aliphatic carbocycles. The first-order valence-corrected chi connectivity index (χ1v) is 4.61. The van der Waals surface area contributed by atoms with Crippen LogP contribution in [0.3, 0.4) is 0 Å². The second-order valence-electron chi connectivity index (χ2n) is 3.17. The van der Waals surface area contributed by atoms with Crippen LogP contribution in [0.2, 0.25) is 0 Å². The summed E-state index contributed by atoms with van der Waals surface area (Å²) in [5.41, 5.74) is 8.57. The molecule has 0 fully saturated rings. The SMILES string of the molecule is CCc1cccc(-c2cc(N)on2)c1. The maximum absolute atomic E-state index is 5.46. The molecule has 0 bridgehead atoms. The predicted octanol–water partition coefficient (Wildman–Crippen LogP) is 2.49. The van der Waals surface area contributed by atoms with Crippen molar-refractivity contribution in [2.24, 2.45) is 0 Å². The van der Waals surface area contributed by atoms with Gasteiger partial charge >= 0.3 is 0 Å². The van der Waals surface area contributed by atoms with Gasteiger partial charge in [0, 0.05) is 11.6 Å². The minimum Gasteiger partial charge on any atom is -0.368 e. The zero-order valence-corrected chi connectivity index (χ0v) is 8.03. The molecular weight excluding hydrogens is 176 g/mol. The van der Waals surface area contributed by atoms with Crippen LogP contribution in [-0.4, -0.2) is 5.16 Å². The number of anilines is 1. The highest BCUT2D eigenvalue weighted by Crippen LogP contribution is 2.21. The van der Waals surface area contributed by atoms with Gasteiger partial charge in [0.2, 0.25) is 5.88 Å². The second-order valence-corrected chi connectivity index (χ2v) is 3.17. The lowest BCUT2D eigenvalue weighted by Gasteiger charge is -1.98. The molecule has 0 saturated carbocycles. The van der Waals surface area contributed by atoms with Crippen molar-refractivity contribution in [2.45, 2.75) is 13.3 Å². The normalized spacial score (nSPS) is 10.4. The van der Waals surface area contributed by atoms with Crippen LogP contribution < -0.4 is 5.73 Å². The molecule has 14 heavy (non-hydrogen) atoms. The van der Waals surface area contributed by atoms with E-state index in [1.807, 2.05) is 12.1 Å². The summed E-state index contributed by atoms with van der Waals surface area (Å²) in [7, 11) is 0. The average molecular weight is 188 g/mol. The number of aryl methyl sites for hydroxylation is 1. The Labute approximate surface area is 82.5 Å². The Hall–Kier alpha value is -1.77. The fraction of sp³-hybridized carbons (Fsp3) is 0.182. The van der Waals surface area contributed by atoms with Crippen LogP contribution in [0.25, 0.3) is 11.3 Å². The highest BCUT2D eigenvalue weighted by atomic mass is 16.5. The zero-order chi connectivity index (χ0) is 9.97. The Morgan fingerprint density at radius 2 is 2.21 bits per heavy atom. The third kappa shape index (κ3) is 1.62. The summed E-state index contributed by atoms with van der Waals surface area (Å²) in [6.07, 6.45) is 1.02. The number of hydrogen-bond acceptors (Lipinski definition) is 3. The molecule has 2 N–H and O–H groups in total. The largest absolute Gasteiger partial charge is 0.368 e. The molecule has 3 heteroatoms. The van der Waals surface area contributed by atoms with Crippen LogP contribution in [0.15, 0.2) is 34.9 Å². The topological polar surface area (TPSA) is 52.0 Å². The number of nitrogens with zero attached hydrogens (tertiary/aromatic N) is 1. The van der Waals surface area contributed by atoms with Gasteiger partial charge in [0.1, 0.15) is 5.69 Å². The highest BCUT2D eigenvalue weighted by Gasteiger charge is 2.03. The second kappa shape index (κ2) is 3.54. The van der Waals surface area contributed by atoms with Crippen LogP contribution in [0.1, 0.15) is 12.5 Å². The molecule has 0 saturated heterocycles. The van der Waals surface area contributed by atoms with Gasteiger partial charge in [0.25, 0.3) is 0 Å². The molecule has 0 radical (unpaired) electrons. The van der Waals surface area contributed by atoms with Crippen LogP contribution in [0, 0.1) is 0 Å². The number of benzene rings is 1. The van der Waals surface area contributed by atoms with Crippen LogP contribution in [0.5, 0.6) is 0 Å². The van der Waals surface area contributed by atoms with Gasteiger partial charge in [-0.25, -0.2) is 0 Å². The van der Waals surface area contributed by atoms with E-state index < -0.39 is 0 Å². The highest BCUT2D eigenvalue weighted by molar-refractivity contribution is 5.61. The minimum absolute atomic E-state index is 0.349. The van der Waals surface area contributed by atoms with Crippen LogP contribution in [-0.2, 0) is 6.42 Å². The van der Waals surface area contributed by atoms with E-state index in [4.69, 9.17) is 10.3 Å². The van der Waals surface area contributed by atoms with Gasteiger partial charge < -0.3 is 10.3 Å². The molecule has 0 unspecified atom stereocenters. The van der Waals surface area contributed by atoms with Crippen molar-refractivity contribution in [3.05, 3.63) is 35.9 Å². The third-order valence-corrected chi connectivity index (χ3v) is 2.16. The van der Waals surface area contributed by atoms with E-state index >= 15 is 0 Å². The standard InChI is InChI=1S/C11H12N2O/c1-2-8-4-3-5-9(6-8)10-7-11(12)14-13-10/h3-7H,2,12H2,1H3. The van der Waals surface area contributed by atoms with Crippen molar-refractivity contribution < 1.29 is 4.52 Å². The summed E-state index contributed by atoms with van der Waals surface area (Å²) in [4.78, 5) is 0. The maximum Gasteiger partial charge on any atom is 0.222 e. The van der Waals surface area contributed by atoms with Gasteiger partial charge in [-0.3, -0.25) is 0 Å². The van der Waals surface area contributed by atoms with Gasteiger partial charge in [-0.05, 0) is 18.1 Å². The molecule has 1 heterocycles. The van der Waals surface area contributed by atoms with E-state index in [1.54, 1.807) is 6.07 Å². The molecule has 0 amide bonds. The van der Waals surface area contributed by atoms with E-state index in [1.165, 1.54) is 5.56 Å². The van der Waals surface area contributed by atoms with E-state index in [2.05, 4.69) is 24.2 Å². The molecule has 0 spiro atoms. The summed E-state index contributed by atoms with van der Waals surface area (Å²) < 4.78 is 4.82. The van der Waals surface area contributed by atoms with Crippen molar-refractivity contribution in [3.8, 4) is 11.3 Å². The molecule has 0 aliphatic rings. The first-order chi connectivity index (χ1) is 6.79. The summed E-state index contributed by atoms with van der Waals surface area (Å²) in [5.74, 6) is 0.349. The van der Waals surface area contributed by atoms with Gasteiger partial charge in [0.05, 0.1) is 0 Å². The number of nitrogens with two attached hydrogens (primary N) is 1. The summed E-state index contributed by atoms with van der Waals surface area (Å²) >= 11 is 0. The Morgan fingerprint density at radius 1 is 1.36 bits per heavy atom. The lowest BCUT2D eigenvalue weighted by atomic mass is 10.1. The number of rotatable bonds is 2. The molecule has 1 aromatic heterocycles. The fourth-order valence-electron chi connectivity index (χ4n) is 1.38. The number of aromatic nitrogens is 1. The lowest BCUT2D eigenvalue weighted by Crippen LogP contribution is -1.82. The number of hydrogen-bond donors (Lipinski definition) is 1. The Morgan fingerprint density at radius 3 is 2.86 bits per heavy atom. The van der Waals surface area contributed by atoms with Gasteiger partial charge in [0.15, 0.2) is 0 Å². The Kier molecular flexibility index (Phi) is 2.23. The van der Waals surface area contributed by atoms with Crippen LogP contribution in [0.4, 0.5) is 5.88 Å². The summed E-state index contributed by atoms with van der Waals surface area (Å²) in [5, 5.41) is 3.86. The third-order valence-electron chi connectivity index (χ3n) is 2.16. The van der Waals surface area contributed by atoms with E-state index in [0.717, 1.165) is 17.7 Å². The first-order valence-electron chi connectivity index (χ1n) is 4.61. The van der Waals surface area contributed by atoms with Crippen molar-refractivity contribution in [1.82, 2.24) is 5.16 Å². The van der Waals surface area contributed by atoms with Gasteiger partial charge in [-0.2, -0.15) is 0 Å². The predicted molar refractivity (Wildman–Crippen MR) is 55.7 cm³/mol. The van der Waals surface area contributed by atoms with E-state index in [-0.39, 0.29) is 0 Å². The molecule has 1 aromatic carbocycles. The number of nitrogen functional groups attached to an aromatic ring is 1. The molecule has 2 rings (SSSR count). The monoisotopic (exact) mass is 188 g/mol. The molecule has 3 nitrogen and oxygen atoms in total. The molecule has 0 aliphatic heterocycles. The van der Waals surface area contributed by atoms with Crippen LogP contribution >= 0.6 is 0 Å². The molecule has 72 valence electrons. The van der Waals surface area contributed by atoms with E-state index in [0.29, 0.717) is 5.88 Å². The summed E-state index contributed by atoms with van der Waals surface area (Å²) in [6.45, 7) is 2.12. The zero-order valence-electron chi connectivity index (χ0n) is 8.03. The first kappa shape index (κ1) is 8.81. The fourth-order valence-corrected chi connectivity index (χ4v) is 1.38. The van der Waals surface area contributed by atoms with Gasteiger partial charge in [-0.1, -0.05) is 30.3 Å². The average Bonchev–Trinajstić information content (AvgIpc) is 2.65. The lowest BCUT2D eigenvalue weighted by molar-refractivity contribution is 0.439. The van der Waals surface area contributed by atoms with Crippen molar-refractivity contribution >= 4 is 5.88 Å². The van der Waals surface area contributed by atoms with Crippen molar-refractivity contribution in [1.29, 1.82) is 0 Å².